The van der Waals surface area contributed by atoms with Crippen LogP contribution in [0.25, 0.3) is 0 Å². The largest absolute Gasteiger partial charge is 0.456 e. The van der Waals surface area contributed by atoms with Gasteiger partial charge in [-0.1, -0.05) is 5.92 Å². The normalized spacial score (nSPS) is 34.1. The van der Waals surface area contributed by atoms with E-state index < -0.39 is 153 Å². The lowest BCUT2D eigenvalue weighted by molar-refractivity contribution is -0.364. The molecule has 3 saturated heterocycles. The molecule has 3 fully saturated rings. The first-order chi connectivity index (χ1) is 27.6. The first-order valence-corrected chi connectivity index (χ1v) is 18.3. The van der Waals surface area contributed by atoms with Crippen LogP contribution < -0.4 is 0 Å². The molecule has 0 aromatic heterocycles. The topological polar surface area (TPSA) is 266 Å². The van der Waals surface area contributed by atoms with Crippen molar-refractivity contribution in [3.63, 3.8) is 0 Å². The quantitative estimate of drug-likeness (QED) is 0.116. The van der Waals surface area contributed by atoms with E-state index in [9.17, 15) is 38.4 Å². The van der Waals surface area contributed by atoms with Crippen LogP contribution in [-0.2, 0) is 105 Å². The number of esters is 8. The maximum atomic E-state index is 12.7. The Balaban J connectivity index is 2.17. The molecule has 0 aliphatic carbocycles. The first-order valence-electron chi connectivity index (χ1n) is 18.3. The average Bonchev–Trinajstić information content (AvgIpc) is 3.09. The smallest absolute Gasteiger partial charge is 0.303 e. The summed E-state index contributed by atoms with van der Waals surface area (Å²) in [5, 5.41) is 0. The lowest BCUT2D eigenvalue weighted by atomic mass is 9.96. The van der Waals surface area contributed by atoms with Crippen molar-refractivity contribution in [3.8, 4) is 12.3 Å². The van der Waals surface area contributed by atoms with E-state index in [-0.39, 0.29) is 0 Å². The van der Waals surface area contributed by atoms with Crippen LogP contribution in [-0.4, -0.2) is 153 Å². The number of hydrogen-bond donors (Lipinski definition) is 0. The molecule has 0 radical (unpaired) electrons. The molecule has 0 unspecified atom stereocenters. The van der Waals surface area contributed by atoms with Crippen LogP contribution in [0.2, 0.25) is 0 Å². The van der Waals surface area contributed by atoms with Gasteiger partial charge in [0.25, 0.3) is 0 Å². The highest BCUT2D eigenvalue weighted by Crippen LogP contribution is 2.36. The third kappa shape index (κ3) is 13.8. The van der Waals surface area contributed by atoms with Crippen molar-refractivity contribution in [1.29, 1.82) is 0 Å². The van der Waals surface area contributed by atoms with Gasteiger partial charge in [-0.15, -0.1) is 6.42 Å². The third-order valence-corrected chi connectivity index (χ3v) is 8.51. The summed E-state index contributed by atoms with van der Waals surface area (Å²) in [7, 11) is 0. The zero-order chi connectivity index (χ0) is 44.3. The summed E-state index contributed by atoms with van der Waals surface area (Å²) in [5.74, 6) is -4.58. The molecule has 0 amide bonds. The SMILES string of the molecule is C#CCO[C@@H]1O[C@H](CO[C@@H]2O[C@@H](C)[C@H](OC(C)=O)[C@@H](OC(C)=O)[C@H]2OC(C)=O)[C@@H](O[C@@H]2O[C@@H](C)[C@H](OC(C)=O)[C@@H](OC(C)=O)[C@H]2OC(C)=O)[C@H](OC(C)=O)[C@H]1OC(C)=O. The molecule has 15 atom stereocenters. The van der Waals surface area contributed by atoms with Gasteiger partial charge in [0.2, 0.25) is 0 Å². The van der Waals surface area contributed by atoms with Crippen molar-refractivity contribution in [2.45, 2.75) is 161 Å². The summed E-state index contributed by atoms with van der Waals surface area (Å²) in [6.07, 6.45) is -16.9. The van der Waals surface area contributed by atoms with Gasteiger partial charge in [-0.05, 0) is 13.8 Å². The zero-order valence-electron chi connectivity index (χ0n) is 34.1. The van der Waals surface area contributed by atoms with Crippen molar-refractivity contribution in [2.75, 3.05) is 13.2 Å². The van der Waals surface area contributed by atoms with Gasteiger partial charge in [-0.2, -0.15) is 0 Å². The summed E-state index contributed by atoms with van der Waals surface area (Å²) < 4.78 is 80.3. The van der Waals surface area contributed by atoms with Crippen molar-refractivity contribution < 1.29 is 105 Å². The summed E-state index contributed by atoms with van der Waals surface area (Å²) in [4.78, 5) is 98.6. The molecule has 0 N–H and O–H groups in total. The van der Waals surface area contributed by atoms with E-state index in [2.05, 4.69) is 5.92 Å². The number of carbonyl (C=O) groups excluding carboxylic acids is 8. The Hall–Kier alpha value is -4.92. The van der Waals surface area contributed by atoms with Crippen molar-refractivity contribution in [2.24, 2.45) is 0 Å². The first kappa shape index (κ1) is 48.4. The molecule has 3 aliphatic rings. The fraction of sp³-hybridized carbons (Fsp3) is 0.730. The van der Waals surface area contributed by atoms with Gasteiger partial charge < -0.3 is 66.3 Å². The highest BCUT2D eigenvalue weighted by Gasteiger charge is 2.58. The Morgan fingerprint density at radius 1 is 0.424 bits per heavy atom. The number of ether oxygens (including phenoxy) is 14. The Morgan fingerprint density at radius 3 is 1.10 bits per heavy atom. The highest BCUT2D eigenvalue weighted by molar-refractivity contribution is 5.70. The minimum atomic E-state index is -1.74. The van der Waals surface area contributed by atoms with E-state index in [4.69, 9.17) is 72.7 Å². The third-order valence-electron chi connectivity index (χ3n) is 8.51. The lowest BCUT2D eigenvalue weighted by Crippen LogP contribution is -2.67. The van der Waals surface area contributed by atoms with Gasteiger partial charge >= 0.3 is 47.8 Å². The van der Waals surface area contributed by atoms with E-state index >= 15 is 0 Å². The Morgan fingerprint density at radius 2 is 0.729 bits per heavy atom. The molecule has 59 heavy (non-hydrogen) atoms. The van der Waals surface area contributed by atoms with Crippen LogP contribution >= 0.6 is 0 Å². The second-order valence-corrected chi connectivity index (χ2v) is 13.5. The maximum Gasteiger partial charge on any atom is 0.303 e. The number of carbonyl (C=O) groups is 8. The molecule has 3 rings (SSSR count). The number of terminal acetylenes is 1. The minimum absolute atomic E-state index is 0.410. The molecular weight excluding hydrogens is 796 g/mol. The van der Waals surface area contributed by atoms with Crippen molar-refractivity contribution in [3.05, 3.63) is 0 Å². The second kappa shape index (κ2) is 21.9. The summed E-state index contributed by atoms with van der Waals surface area (Å²) in [6, 6.07) is 0. The van der Waals surface area contributed by atoms with Gasteiger partial charge in [0.05, 0.1) is 18.8 Å². The molecule has 3 aliphatic heterocycles. The summed E-state index contributed by atoms with van der Waals surface area (Å²) in [6.45, 7) is 10.4. The predicted octanol–water partition coefficient (Wildman–Crippen LogP) is -0.294. The second-order valence-electron chi connectivity index (χ2n) is 13.5. The monoisotopic (exact) mass is 846 g/mol. The minimum Gasteiger partial charge on any atom is -0.456 e. The molecule has 0 bridgehead atoms. The van der Waals surface area contributed by atoms with Crippen LogP contribution in [0.15, 0.2) is 0 Å². The van der Waals surface area contributed by atoms with E-state index in [1.54, 1.807) is 0 Å². The highest BCUT2D eigenvalue weighted by atomic mass is 16.8. The Labute approximate surface area is 339 Å². The Kier molecular flexibility index (Phi) is 18.0. The molecular formula is C37H50O22. The van der Waals surface area contributed by atoms with Crippen LogP contribution in [0, 0.1) is 12.3 Å². The molecule has 330 valence electrons. The maximum absolute atomic E-state index is 12.7. The van der Waals surface area contributed by atoms with Gasteiger partial charge in [0.1, 0.15) is 18.8 Å². The van der Waals surface area contributed by atoms with Gasteiger partial charge in [0.15, 0.2) is 67.7 Å². The van der Waals surface area contributed by atoms with Crippen LogP contribution in [0.3, 0.4) is 0 Å². The standard InChI is InChI=1S/C37H50O22/c1-12-13-46-35-33(56-23(10)44)31(54-21(8)42)28(59-37-34(57-24(11)45)30(53-20(7)41)27(16(3)49-37)51-18(5)39)25(58-35)14-47-36-32(55-22(9)43)29(52-19(6)40)26(15(2)48-36)50-17(4)38/h1,15-16,25-37H,13-14H2,2-11H3/t15-,16-,25+,26-,27-,28+,29+,30+,31-,32+,33+,34+,35+,36+,37-/m0/s1. The molecule has 0 aromatic carbocycles. The van der Waals surface area contributed by atoms with Gasteiger partial charge in [-0.3, -0.25) is 38.4 Å². The van der Waals surface area contributed by atoms with Crippen molar-refractivity contribution >= 4 is 47.8 Å². The number of hydrogen-bond acceptors (Lipinski definition) is 22. The predicted molar refractivity (Wildman–Crippen MR) is 187 cm³/mol. The fourth-order valence-corrected chi connectivity index (χ4v) is 6.61. The number of rotatable bonds is 15. The van der Waals surface area contributed by atoms with E-state index in [0.717, 1.165) is 55.4 Å². The molecule has 22 heteroatoms. The average molecular weight is 847 g/mol. The Bertz CT molecular complexity index is 1590. The van der Waals surface area contributed by atoms with Gasteiger partial charge in [-0.25, -0.2) is 0 Å². The van der Waals surface area contributed by atoms with E-state index in [1.165, 1.54) is 13.8 Å². The molecule has 3 heterocycles. The van der Waals surface area contributed by atoms with Crippen LogP contribution in [0.4, 0.5) is 0 Å². The van der Waals surface area contributed by atoms with Crippen molar-refractivity contribution in [1.82, 2.24) is 0 Å². The van der Waals surface area contributed by atoms with E-state index in [1.807, 2.05) is 0 Å². The van der Waals surface area contributed by atoms with Crippen LogP contribution in [0.1, 0.15) is 69.2 Å². The summed E-state index contributed by atoms with van der Waals surface area (Å²) in [5.41, 5.74) is 0. The van der Waals surface area contributed by atoms with Crippen LogP contribution in [0.5, 0.6) is 0 Å². The molecule has 0 spiro atoms. The van der Waals surface area contributed by atoms with Gasteiger partial charge in [0, 0.05) is 55.4 Å². The molecule has 0 saturated carbocycles. The van der Waals surface area contributed by atoms with E-state index in [0.29, 0.717) is 0 Å². The molecule has 22 nitrogen and oxygen atoms in total. The summed E-state index contributed by atoms with van der Waals surface area (Å²) >= 11 is 0. The lowest BCUT2D eigenvalue weighted by Gasteiger charge is -2.49. The zero-order valence-corrected chi connectivity index (χ0v) is 34.1. The molecule has 0 aromatic rings. The fourth-order valence-electron chi connectivity index (χ4n) is 6.61.